The maximum absolute atomic E-state index is 12.7. The number of hydrogen-bond acceptors (Lipinski definition) is 1. The van der Waals surface area contributed by atoms with Crippen LogP contribution in [0.25, 0.3) is 10.9 Å². The summed E-state index contributed by atoms with van der Waals surface area (Å²) in [4.78, 5) is 18.3. The maximum atomic E-state index is 12.7. The summed E-state index contributed by atoms with van der Waals surface area (Å²) in [7, 11) is 0. The molecule has 0 atom stereocenters. The highest BCUT2D eigenvalue weighted by atomic mass is 16.2. The van der Waals surface area contributed by atoms with Crippen molar-refractivity contribution in [2.24, 2.45) is 0 Å². The molecule has 4 heteroatoms. The highest BCUT2D eigenvalue weighted by Gasteiger charge is 2.26. The van der Waals surface area contributed by atoms with Crippen LogP contribution >= 0.6 is 0 Å². The van der Waals surface area contributed by atoms with E-state index in [9.17, 15) is 4.79 Å². The molecule has 2 N–H and O–H groups in total. The molecule has 4 rings (SSSR count). The van der Waals surface area contributed by atoms with Gasteiger partial charge in [-0.25, -0.2) is 4.79 Å². The number of anilines is 1. The van der Waals surface area contributed by atoms with Gasteiger partial charge in [0.2, 0.25) is 0 Å². The number of piperidine rings is 1. The number of hydrogen-bond donors (Lipinski definition) is 2. The molecule has 158 valence electrons. The van der Waals surface area contributed by atoms with Crippen LogP contribution in [0.15, 0.2) is 42.5 Å². The van der Waals surface area contributed by atoms with E-state index >= 15 is 0 Å². The second kappa shape index (κ2) is 7.82. The molecule has 1 aliphatic heterocycles. The number of aromatic nitrogens is 1. The molecule has 0 bridgehead atoms. The number of fused-ring (bicyclic) bond motifs is 1. The average molecular weight is 404 g/mol. The Hall–Kier alpha value is -2.75. The van der Waals surface area contributed by atoms with Gasteiger partial charge >= 0.3 is 6.03 Å². The van der Waals surface area contributed by atoms with Crippen molar-refractivity contribution < 1.29 is 4.79 Å². The van der Waals surface area contributed by atoms with Gasteiger partial charge in [0, 0.05) is 41.3 Å². The second-order valence-corrected chi connectivity index (χ2v) is 9.73. The summed E-state index contributed by atoms with van der Waals surface area (Å²) >= 11 is 0. The third-order valence-corrected chi connectivity index (χ3v) is 6.45. The number of benzene rings is 2. The lowest BCUT2D eigenvalue weighted by Crippen LogP contribution is -2.40. The van der Waals surface area contributed by atoms with Gasteiger partial charge in [0.05, 0.1) is 0 Å². The summed E-state index contributed by atoms with van der Waals surface area (Å²) in [5.41, 5.74) is 7.44. The smallest absolute Gasteiger partial charge is 0.321 e. The van der Waals surface area contributed by atoms with Crippen LogP contribution in [0.2, 0.25) is 0 Å². The van der Waals surface area contributed by atoms with E-state index in [0.717, 1.165) is 31.6 Å². The van der Waals surface area contributed by atoms with Gasteiger partial charge in [-0.1, -0.05) is 44.5 Å². The molecule has 1 saturated heterocycles. The molecule has 3 aromatic rings. The van der Waals surface area contributed by atoms with Crippen LogP contribution in [0, 0.1) is 13.8 Å². The normalized spacial score (nSPS) is 15.6. The highest BCUT2D eigenvalue weighted by Crippen LogP contribution is 2.34. The van der Waals surface area contributed by atoms with Crippen LogP contribution in [0.5, 0.6) is 0 Å². The summed E-state index contributed by atoms with van der Waals surface area (Å²) in [5, 5.41) is 4.39. The van der Waals surface area contributed by atoms with Gasteiger partial charge in [-0.05, 0) is 67.5 Å². The molecule has 0 unspecified atom stereocenters. The Morgan fingerprint density at radius 2 is 1.70 bits per heavy atom. The van der Waals surface area contributed by atoms with E-state index < -0.39 is 0 Å². The number of carbonyl (C=O) groups is 1. The summed E-state index contributed by atoms with van der Waals surface area (Å²) in [5.74, 6) is 0.479. The van der Waals surface area contributed by atoms with Crippen LogP contribution < -0.4 is 5.32 Å². The minimum absolute atomic E-state index is 0.000882. The van der Waals surface area contributed by atoms with Gasteiger partial charge < -0.3 is 15.2 Å². The van der Waals surface area contributed by atoms with Gasteiger partial charge in [0.25, 0.3) is 0 Å². The van der Waals surface area contributed by atoms with Crippen molar-refractivity contribution in [3.05, 3.63) is 64.8 Å². The number of nitrogens with zero attached hydrogens (tertiary/aromatic N) is 1. The molecule has 1 aliphatic rings. The van der Waals surface area contributed by atoms with Gasteiger partial charge in [0.1, 0.15) is 0 Å². The number of amides is 2. The highest BCUT2D eigenvalue weighted by molar-refractivity contribution is 5.89. The van der Waals surface area contributed by atoms with Crippen molar-refractivity contribution in [1.82, 2.24) is 9.88 Å². The van der Waals surface area contributed by atoms with Crippen LogP contribution in [-0.4, -0.2) is 29.0 Å². The Morgan fingerprint density at radius 3 is 2.33 bits per heavy atom. The predicted octanol–water partition coefficient (Wildman–Crippen LogP) is 6.49. The molecular formula is C26H33N3O. The lowest BCUT2D eigenvalue weighted by atomic mass is 9.87. The molecule has 4 nitrogen and oxygen atoms in total. The van der Waals surface area contributed by atoms with Gasteiger partial charge in [-0.15, -0.1) is 0 Å². The lowest BCUT2D eigenvalue weighted by molar-refractivity contribution is 0.194. The number of aryl methyl sites for hydroxylation is 2. The van der Waals surface area contributed by atoms with E-state index in [2.05, 4.69) is 75.3 Å². The van der Waals surface area contributed by atoms with Gasteiger partial charge in [-0.2, -0.15) is 0 Å². The van der Waals surface area contributed by atoms with E-state index in [1.165, 1.54) is 33.3 Å². The number of aromatic amines is 1. The lowest BCUT2D eigenvalue weighted by Gasteiger charge is -2.32. The predicted molar refractivity (Wildman–Crippen MR) is 125 cm³/mol. The zero-order valence-electron chi connectivity index (χ0n) is 18.8. The largest absolute Gasteiger partial charge is 0.358 e. The van der Waals surface area contributed by atoms with Crippen molar-refractivity contribution in [1.29, 1.82) is 0 Å². The molecule has 0 aliphatic carbocycles. The fourth-order valence-electron chi connectivity index (χ4n) is 4.50. The van der Waals surface area contributed by atoms with Crippen molar-refractivity contribution in [2.45, 2.75) is 58.8 Å². The Balaban J connectivity index is 1.38. The first kappa shape index (κ1) is 20.5. The second-order valence-electron chi connectivity index (χ2n) is 9.73. The Morgan fingerprint density at radius 1 is 1.03 bits per heavy atom. The third-order valence-electron chi connectivity index (χ3n) is 6.45. The number of rotatable bonds is 2. The number of carbonyl (C=O) groups excluding carboxylic acids is 1. The summed E-state index contributed by atoms with van der Waals surface area (Å²) in [6, 6.07) is 14.8. The number of H-pyrrole nitrogens is 1. The minimum atomic E-state index is 0.000882. The third kappa shape index (κ3) is 4.09. The van der Waals surface area contributed by atoms with E-state index in [1.54, 1.807) is 0 Å². The zero-order valence-corrected chi connectivity index (χ0v) is 18.8. The first-order valence-corrected chi connectivity index (χ1v) is 11.0. The van der Waals surface area contributed by atoms with Crippen molar-refractivity contribution in [3.63, 3.8) is 0 Å². The fourth-order valence-corrected chi connectivity index (χ4v) is 4.50. The van der Waals surface area contributed by atoms with Crippen LogP contribution in [-0.2, 0) is 5.41 Å². The molecule has 0 saturated carbocycles. The molecule has 30 heavy (non-hydrogen) atoms. The fraction of sp³-hybridized carbons (Fsp3) is 0.423. The summed E-state index contributed by atoms with van der Waals surface area (Å²) in [6.07, 6.45) is 1.98. The van der Waals surface area contributed by atoms with E-state index in [-0.39, 0.29) is 11.4 Å². The molecule has 2 aromatic carbocycles. The first-order chi connectivity index (χ1) is 14.2. The topological polar surface area (TPSA) is 48.1 Å². The van der Waals surface area contributed by atoms with Crippen LogP contribution in [0.4, 0.5) is 10.5 Å². The van der Waals surface area contributed by atoms with E-state index in [4.69, 9.17) is 0 Å². The maximum Gasteiger partial charge on any atom is 0.321 e. The summed E-state index contributed by atoms with van der Waals surface area (Å²) < 4.78 is 0. The zero-order chi connectivity index (χ0) is 21.5. The van der Waals surface area contributed by atoms with E-state index in [0.29, 0.717) is 5.92 Å². The standard InChI is InChI=1S/C26H33N3O/c1-17-6-11-23-22(16-17)18(2)24(28-23)19-12-14-29(15-13-19)25(30)27-21-9-7-20(8-10-21)26(3,4)5/h6-11,16,19,28H,12-15H2,1-5H3,(H,27,30). The molecule has 0 radical (unpaired) electrons. The quantitative estimate of drug-likeness (QED) is 0.504. The molecule has 1 aromatic heterocycles. The Kier molecular flexibility index (Phi) is 5.35. The SMILES string of the molecule is Cc1ccc2[nH]c(C3CCN(C(=O)Nc4ccc(C(C)(C)C)cc4)CC3)c(C)c2c1. The summed E-state index contributed by atoms with van der Waals surface area (Å²) in [6.45, 7) is 12.5. The number of nitrogens with one attached hydrogen (secondary N) is 2. The van der Waals surface area contributed by atoms with Crippen molar-refractivity contribution in [3.8, 4) is 0 Å². The van der Waals surface area contributed by atoms with Crippen molar-refractivity contribution in [2.75, 3.05) is 18.4 Å². The van der Waals surface area contributed by atoms with Gasteiger partial charge in [0.15, 0.2) is 0 Å². The van der Waals surface area contributed by atoms with E-state index in [1.807, 2.05) is 17.0 Å². The molecule has 2 heterocycles. The van der Waals surface area contributed by atoms with Crippen LogP contribution in [0.1, 0.15) is 61.9 Å². The monoisotopic (exact) mass is 403 g/mol. The average Bonchev–Trinajstić information content (AvgIpc) is 3.04. The molecule has 1 fully saturated rings. The molecule has 0 spiro atoms. The Bertz CT molecular complexity index is 1050. The first-order valence-electron chi connectivity index (χ1n) is 11.0. The minimum Gasteiger partial charge on any atom is -0.358 e. The Labute approximate surface area is 179 Å². The molecular weight excluding hydrogens is 370 g/mol. The molecule has 2 amide bonds. The number of likely N-dealkylation sites (tertiary alicyclic amines) is 1. The van der Waals surface area contributed by atoms with Crippen LogP contribution in [0.3, 0.4) is 0 Å². The van der Waals surface area contributed by atoms with Gasteiger partial charge in [-0.3, -0.25) is 0 Å². The number of urea groups is 1. The van der Waals surface area contributed by atoms with Crippen molar-refractivity contribution >= 4 is 22.6 Å².